The molecule has 0 saturated carbocycles. The molecule has 0 aliphatic heterocycles. The van der Waals surface area contributed by atoms with Crippen molar-refractivity contribution in [2.24, 2.45) is 0 Å². The lowest BCUT2D eigenvalue weighted by atomic mass is 10.2. The first kappa shape index (κ1) is 19.0. The number of fused-ring (bicyclic) bond motifs is 1. The van der Waals surface area contributed by atoms with Crippen LogP contribution in [0, 0.1) is 6.92 Å². The fourth-order valence-electron chi connectivity index (χ4n) is 2.38. The molecule has 2 aromatic carbocycles. The first-order chi connectivity index (χ1) is 12.4. The minimum absolute atomic E-state index is 0.0794. The van der Waals surface area contributed by atoms with Crippen molar-refractivity contribution in [3.05, 3.63) is 48.0 Å². The van der Waals surface area contributed by atoms with Crippen molar-refractivity contribution in [2.75, 3.05) is 23.3 Å². The molecule has 8 heteroatoms. The van der Waals surface area contributed by atoms with Crippen LogP contribution in [0.2, 0.25) is 0 Å². The highest BCUT2D eigenvalue weighted by Crippen LogP contribution is 2.30. The second kappa shape index (κ2) is 8.28. The van der Waals surface area contributed by atoms with E-state index in [0.29, 0.717) is 23.6 Å². The maximum atomic E-state index is 12.2. The second-order valence-corrected chi connectivity index (χ2v) is 10.0. The lowest BCUT2D eigenvalue weighted by molar-refractivity contribution is 0.415. The summed E-state index contributed by atoms with van der Waals surface area (Å²) >= 11 is 3.25. The molecule has 0 spiro atoms. The van der Waals surface area contributed by atoms with E-state index in [2.05, 4.69) is 27.9 Å². The number of thiazole rings is 1. The number of ether oxygens (including phenoxy) is 1. The number of rotatable bonds is 8. The van der Waals surface area contributed by atoms with Crippen LogP contribution in [0.3, 0.4) is 0 Å². The number of anilines is 1. The molecule has 5 nitrogen and oxygen atoms in total. The highest BCUT2D eigenvalue weighted by atomic mass is 32.2. The van der Waals surface area contributed by atoms with Gasteiger partial charge in [-0.1, -0.05) is 17.8 Å². The zero-order valence-electron chi connectivity index (χ0n) is 14.6. The molecule has 138 valence electrons. The molecule has 0 saturated heterocycles. The average molecular weight is 409 g/mol. The Balaban J connectivity index is 1.49. The van der Waals surface area contributed by atoms with Crippen molar-refractivity contribution >= 4 is 49.0 Å². The van der Waals surface area contributed by atoms with E-state index >= 15 is 0 Å². The van der Waals surface area contributed by atoms with Crippen LogP contribution in [-0.4, -0.2) is 32.0 Å². The van der Waals surface area contributed by atoms with Crippen LogP contribution in [0.1, 0.15) is 12.0 Å². The zero-order chi connectivity index (χ0) is 18.6. The summed E-state index contributed by atoms with van der Waals surface area (Å²) in [6.45, 7) is 2.05. The van der Waals surface area contributed by atoms with Gasteiger partial charge in [0.2, 0.25) is 10.0 Å². The molecule has 0 radical (unpaired) electrons. The van der Waals surface area contributed by atoms with Crippen LogP contribution in [0.25, 0.3) is 10.2 Å². The van der Waals surface area contributed by atoms with E-state index in [9.17, 15) is 8.42 Å². The molecule has 0 amide bonds. The van der Waals surface area contributed by atoms with Gasteiger partial charge in [-0.3, -0.25) is 4.72 Å². The van der Waals surface area contributed by atoms with E-state index in [0.717, 1.165) is 14.6 Å². The van der Waals surface area contributed by atoms with Gasteiger partial charge in [-0.25, -0.2) is 13.4 Å². The Morgan fingerprint density at radius 1 is 1.19 bits per heavy atom. The van der Waals surface area contributed by atoms with E-state index in [1.807, 2.05) is 6.92 Å². The summed E-state index contributed by atoms with van der Waals surface area (Å²) < 4.78 is 34.2. The Morgan fingerprint density at radius 3 is 2.69 bits per heavy atom. The van der Waals surface area contributed by atoms with Gasteiger partial charge in [0.05, 0.1) is 23.1 Å². The number of hydrogen-bond donors (Lipinski definition) is 1. The van der Waals surface area contributed by atoms with Crippen LogP contribution in [0.4, 0.5) is 5.69 Å². The number of aryl methyl sites for hydroxylation is 1. The molecule has 0 bridgehead atoms. The normalized spacial score (nSPS) is 11.6. The van der Waals surface area contributed by atoms with Crippen molar-refractivity contribution < 1.29 is 13.2 Å². The molecule has 0 atom stereocenters. The maximum absolute atomic E-state index is 12.2. The van der Waals surface area contributed by atoms with Gasteiger partial charge < -0.3 is 4.74 Å². The summed E-state index contributed by atoms with van der Waals surface area (Å²) in [5.41, 5.74) is 2.74. The van der Waals surface area contributed by atoms with Gasteiger partial charge in [-0.15, -0.1) is 11.3 Å². The van der Waals surface area contributed by atoms with Crippen molar-refractivity contribution in [2.45, 2.75) is 17.7 Å². The Hall–Kier alpha value is -1.77. The molecule has 26 heavy (non-hydrogen) atoms. The number of nitrogens with one attached hydrogen (secondary N) is 1. The second-order valence-electron chi connectivity index (χ2n) is 5.80. The number of hydrogen-bond acceptors (Lipinski definition) is 6. The molecule has 3 aromatic rings. The highest BCUT2D eigenvalue weighted by Gasteiger charge is 2.11. The first-order valence-corrected chi connectivity index (χ1v) is 11.6. The number of benzene rings is 2. The minimum atomic E-state index is -3.36. The molecule has 3 rings (SSSR count). The Morgan fingerprint density at radius 2 is 1.96 bits per heavy atom. The van der Waals surface area contributed by atoms with Crippen LogP contribution in [-0.2, 0) is 10.0 Å². The molecule has 1 aromatic heterocycles. The van der Waals surface area contributed by atoms with Gasteiger partial charge in [0.25, 0.3) is 0 Å². The van der Waals surface area contributed by atoms with E-state index in [-0.39, 0.29) is 5.75 Å². The number of aromatic nitrogens is 1. The quantitative estimate of drug-likeness (QED) is 0.438. The fourth-order valence-corrected chi connectivity index (χ4v) is 5.74. The third kappa shape index (κ3) is 5.12. The molecular formula is C18H20N2O3S3. The summed E-state index contributed by atoms with van der Waals surface area (Å²) in [6, 6.07) is 13.1. The van der Waals surface area contributed by atoms with Crippen molar-refractivity contribution in [1.82, 2.24) is 4.98 Å². The number of thioether (sulfide) groups is 1. The zero-order valence-corrected chi connectivity index (χ0v) is 17.0. The summed E-state index contributed by atoms with van der Waals surface area (Å²) in [4.78, 5) is 4.60. The molecule has 0 unspecified atom stereocenters. The molecule has 0 fully saturated rings. The van der Waals surface area contributed by atoms with E-state index in [4.69, 9.17) is 4.74 Å². The Labute approximate surface area is 161 Å². The fraction of sp³-hybridized carbons (Fsp3) is 0.278. The molecule has 0 aliphatic rings. The average Bonchev–Trinajstić information content (AvgIpc) is 3.01. The smallest absolute Gasteiger partial charge is 0.232 e. The SMILES string of the molecule is COc1ccc(NS(=O)(=O)CCCSc2nc3cc(C)ccc3s2)cc1. The van der Waals surface area contributed by atoms with Gasteiger partial charge in [-0.05, 0) is 55.3 Å². The third-order valence-electron chi connectivity index (χ3n) is 3.67. The van der Waals surface area contributed by atoms with Crippen molar-refractivity contribution in [3.63, 3.8) is 0 Å². The predicted octanol–water partition coefficient (Wildman–Crippen LogP) is 4.54. The molecule has 1 N–H and O–H groups in total. The van der Waals surface area contributed by atoms with E-state index in [1.54, 1.807) is 54.5 Å². The van der Waals surface area contributed by atoms with Crippen LogP contribution < -0.4 is 9.46 Å². The Bertz CT molecular complexity index is 983. The standard InChI is InChI=1S/C18H20N2O3S3/c1-13-4-9-17-16(12-13)19-18(25-17)24-10-3-11-26(21,22)20-14-5-7-15(23-2)8-6-14/h4-9,12,20H,3,10-11H2,1-2H3. The summed E-state index contributed by atoms with van der Waals surface area (Å²) in [7, 11) is -1.79. The van der Waals surface area contributed by atoms with Crippen LogP contribution in [0.5, 0.6) is 5.75 Å². The number of methoxy groups -OCH3 is 1. The maximum Gasteiger partial charge on any atom is 0.232 e. The molecule has 1 heterocycles. The minimum Gasteiger partial charge on any atom is -0.497 e. The lowest BCUT2D eigenvalue weighted by Crippen LogP contribution is -2.17. The van der Waals surface area contributed by atoms with Gasteiger partial charge in [0.1, 0.15) is 5.75 Å². The van der Waals surface area contributed by atoms with Crippen LogP contribution >= 0.6 is 23.1 Å². The molecule has 0 aliphatic carbocycles. The predicted molar refractivity (Wildman–Crippen MR) is 110 cm³/mol. The van der Waals surface area contributed by atoms with Gasteiger partial charge in [-0.2, -0.15) is 0 Å². The highest BCUT2D eigenvalue weighted by molar-refractivity contribution is 8.01. The van der Waals surface area contributed by atoms with E-state index < -0.39 is 10.0 Å². The monoisotopic (exact) mass is 408 g/mol. The van der Waals surface area contributed by atoms with Crippen molar-refractivity contribution in [1.29, 1.82) is 0 Å². The first-order valence-electron chi connectivity index (χ1n) is 8.10. The largest absolute Gasteiger partial charge is 0.497 e. The van der Waals surface area contributed by atoms with Crippen LogP contribution in [0.15, 0.2) is 46.8 Å². The van der Waals surface area contributed by atoms with Crippen molar-refractivity contribution in [3.8, 4) is 5.75 Å². The lowest BCUT2D eigenvalue weighted by Gasteiger charge is -2.08. The summed E-state index contributed by atoms with van der Waals surface area (Å²) in [5.74, 6) is 1.48. The Kier molecular flexibility index (Phi) is 6.05. The van der Waals surface area contributed by atoms with Gasteiger partial charge in [0.15, 0.2) is 4.34 Å². The van der Waals surface area contributed by atoms with Gasteiger partial charge in [0, 0.05) is 11.4 Å². The number of nitrogens with zero attached hydrogens (tertiary/aromatic N) is 1. The van der Waals surface area contributed by atoms with E-state index in [1.165, 1.54) is 5.56 Å². The topological polar surface area (TPSA) is 68.3 Å². The summed E-state index contributed by atoms with van der Waals surface area (Å²) in [6.07, 6.45) is 0.561. The summed E-state index contributed by atoms with van der Waals surface area (Å²) in [5, 5.41) is 0. The number of sulfonamides is 1. The third-order valence-corrected chi connectivity index (χ3v) is 7.31. The molecular weight excluding hydrogens is 388 g/mol. The van der Waals surface area contributed by atoms with Gasteiger partial charge >= 0.3 is 0 Å².